The van der Waals surface area contributed by atoms with Crippen LogP contribution in [0.15, 0.2) is 48.5 Å². The topological polar surface area (TPSA) is 120 Å². The smallest absolute Gasteiger partial charge is 0.269 e. The van der Waals surface area contributed by atoms with Crippen molar-refractivity contribution in [2.24, 2.45) is 0 Å². The predicted molar refractivity (Wildman–Crippen MR) is 77.0 cm³/mol. The number of hydrogen-bond acceptors (Lipinski definition) is 6. The van der Waals surface area contributed by atoms with E-state index in [1.165, 1.54) is 48.5 Å². The van der Waals surface area contributed by atoms with Crippen molar-refractivity contribution in [3.63, 3.8) is 0 Å². The number of rotatable bonds is 4. The van der Waals surface area contributed by atoms with Gasteiger partial charge in [-0.05, 0) is 24.3 Å². The molecule has 0 aliphatic carbocycles. The van der Waals surface area contributed by atoms with E-state index in [0.717, 1.165) is 0 Å². The van der Waals surface area contributed by atoms with Crippen LogP contribution in [0.3, 0.4) is 0 Å². The lowest BCUT2D eigenvalue weighted by molar-refractivity contribution is -0.385. The molecule has 0 heterocycles. The van der Waals surface area contributed by atoms with Crippen LogP contribution in [-0.2, 0) is 0 Å². The van der Waals surface area contributed by atoms with Gasteiger partial charge in [-0.1, -0.05) is 0 Å². The maximum absolute atomic E-state index is 10.1. The summed E-state index contributed by atoms with van der Waals surface area (Å²) in [5, 5.41) is 20.2. The minimum absolute atomic E-state index is 0.00407. The summed E-state index contributed by atoms with van der Waals surface area (Å²) in [6, 6.07) is 10.8. The minimum atomic E-state index is -0.505. The van der Waals surface area contributed by atoms with E-state index >= 15 is 0 Å². The van der Waals surface area contributed by atoms with Gasteiger partial charge in [-0.15, -0.1) is 0 Å². The van der Waals surface area contributed by atoms with Gasteiger partial charge in [0.25, 0.3) is 11.4 Å². The Balaban J connectivity index is 0.000000220. The second-order valence-electron chi connectivity index (χ2n) is 3.93. The van der Waals surface area contributed by atoms with Crippen LogP contribution in [-0.4, -0.2) is 22.4 Å². The largest absolute Gasteiger partial charge is 0.298 e. The highest BCUT2D eigenvalue weighted by molar-refractivity contribution is 5.75. The molecule has 0 aromatic heterocycles. The summed E-state index contributed by atoms with van der Waals surface area (Å²) in [6.07, 6.45) is 1.29. The molecular formula is C14H10N2O6. The first-order valence-electron chi connectivity index (χ1n) is 5.87. The van der Waals surface area contributed by atoms with Crippen molar-refractivity contribution in [1.29, 1.82) is 0 Å². The molecule has 0 spiro atoms. The van der Waals surface area contributed by atoms with Gasteiger partial charge in [-0.25, -0.2) is 0 Å². The Labute approximate surface area is 124 Å². The summed E-state index contributed by atoms with van der Waals surface area (Å²) in [4.78, 5) is 39.5. The highest BCUT2D eigenvalue weighted by Gasteiger charge is 2.02. The molecule has 8 nitrogen and oxygen atoms in total. The highest BCUT2D eigenvalue weighted by atomic mass is 16.6. The number of nitrogens with zero attached hydrogens (tertiary/aromatic N) is 2. The predicted octanol–water partition coefficient (Wildman–Crippen LogP) is 2.81. The van der Waals surface area contributed by atoms with Crippen molar-refractivity contribution in [2.45, 2.75) is 0 Å². The van der Waals surface area contributed by atoms with Gasteiger partial charge >= 0.3 is 0 Å². The van der Waals surface area contributed by atoms with Gasteiger partial charge in [0.2, 0.25) is 0 Å². The fraction of sp³-hybridized carbons (Fsp3) is 0. The molecule has 2 aromatic carbocycles. The second kappa shape index (κ2) is 8.00. The van der Waals surface area contributed by atoms with E-state index in [2.05, 4.69) is 0 Å². The zero-order valence-electron chi connectivity index (χ0n) is 11.1. The maximum atomic E-state index is 10.1. The van der Waals surface area contributed by atoms with Crippen LogP contribution in [0, 0.1) is 20.2 Å². The van der Waals surface area contributed by atoms with Gasteiger partial charge in [0.1, 0.15) is 12.6 Å². The van der Waals surface area contributed by atoms with Crippen LogP contribution < -0.4 is 0 Å². The number of carbonyl (C=O) groups is 2. The summed E-state index contributed by atoms with van der Waals surface area (Å²) >= 11 is 0. The van der Waals surface area contributed by atoms with Crippen LogP contribution in [0.5, 0.6) is 0 Å². The van der Waals surface area contributed by atoms with E-state index in [-0.39, 0.29) is 11.4 Å². The normalized spacial score (nSPS) is 9.09. The number of hydrogen-bond donors (Lipinski definition) is 0. The van der Waals surface area contributed by atoms with Crippen LogP contribution in [0.2, 0.25) is 0 Å². The Kier molecular flexibility index (Phi) is 6.05. The Morgan fingerprint density at radius 2 is 0.909 bits per heavy atom. The van der Waals surface area contributed by atoms with Crippen LogP contribution >= 0.6 is 0 Å². The van der Waals surface area contributed by atoms with Gasteiger partial charge < -0.3 is 0 Å². The zero-order chi connectivity index (χ0) is 16.5. The molecular weight excluding hydrogens is 292 g/mol. The molecule has 0 bridgehead atoms. The Morgan fingerprint density at radius 3 is 1.09 bits per heavy atom. The lowest BCUT2D eigenvalue weighted by Crippen LogP contribution is -1.87. The van der Waals surface area contributed by atoms with E-state index in [9.17, 15) is 29.8 Å². The van der Waals surface area contributed by atoms with E-state index in [0.29, 0.717) is 23.7 Å². The van der Waals surface area contributed by atoms with Crippen molar-refractivity contribution >= 4 is 23.9 Å². The molecule has 2 aromatic rings. The number of aldehydes is 2. The SMILES string of the molecule is O=Cc1ccc([N+](=O)[O-])cc1.O=Cc1ccc([N+](=O)[O-])cc1. The third-order valence-corrected chi connectivity index (χ3v) is 2.48. The van der Waals surface area contributed by atoms with Gasteiger partial charge in [0.05, 0.1) is 9.85 Å². The average Bonchev–Trinajstić information content (AvgIpc) is 2.55. The molecule has 0 radical (unpaired) electrons. The highest BCUT2D eigenvalue weighted by Crippen LogP contribution is 2.10. The van der Waals surface area contributed by atoms with Gasteiger partial charge in [0.15, 0.2) is 0 Å². The standard InChI is InChI=1S/2C7H5NO3/c2*9-5-6-1-3-7(4-2-6)8(10)11/h2*1-5H. The minimum Gasteiger partial charge on any atom is -0.298 e. The quantitative estimate of drug-likeness (QED) is 0.486. The lowest BCUT2D eigenvalue weighted by atomic mass is 10.2. The van der Waals surface area contributed by atoms with Crippen LogP contribution in [0.4, 0.5) is 11.4 Å². The lowest BCUT2D eigenvalue weighted by Gasteiger charge is -1.89. The summed E-state index contributed by atoms with van der Waals surface area (Å²) in [6.45, 7) is 0. The fourth-order valence-corrected chi connectivity index (χ4v) is 1.35. The van der Waals surface area contributed by atoms with Crippen molar-refractivity contribution in [3.8, 4) is 0 Å². The van der Waals surface area contributed by atoms with Crippen molar-refractivity contribution in [3.05, 3.63) is 79.9 Å². The van der Waals surface area contributed by atoms with E-state index in [1.807, 2.05) is 0 Å². The van der Waals surface area contributed by atoms with Crippen molar-refractivity contribution in [2.75, 3.05) is 0 Å². The summed E-state index contributed by atoms with van der Waals surface area (Å²) < 4.78 is 0. The number of nitro benzene ring substituents is 2. The van der Waals surface area contributed by atoms with Gasteiger partial charge in [-0.2, -0.15) is 0 Å². The average molecular weight is 302 g/mol. The fourth-order valence-electron chi connectivity index (χ4n) is 1.35. The molecule has 22 heavy (non-hydrogen) atoms. The van der Waals surface area contributed by atoms with E-state index in [1.54, 1.807) is 0 Å². The van der Waals surface area contributed by atoms with Crippen molar-refractivity contribution < 1.29 is 19.4 Å². The first-order valence-corrected chi connectivity index (χ1v) is 5.87. The molecule has 0 N–H and O–H groups in total. The molecule has 0 unspecified atom stereocenters. The third kappa shape index (κ3) is 4.93. The molecule has 0 aliphatic heterocycles. The summed E-state index contributed by atoms with van der Waals surface area (Å²) in [7, 11) is 0. The molecule has 8 heteroatoms. The first-order chi connectivity index (χ1) is 10.5. The van der Waals surface area contributed by atoms with Crippen LogP contribution in [0.1, 0.15) is 20.7 Å². The Morgan fingerprint density at radius 1 is 0.636 bits per heavy atom. The van der Waals surface area contributed by atoms with E-state index in [4.69, 9.17) is 0 Å². The molecule has 0 saturated heterocycles. The number of non-ortho nitro benzene ring substituents is 2. The first kappa shape index (κ1) is 16.6. The molecule has 0 amide bonds. The number of benzene rings is 2. The van der Waals surface area contributed by atoms with Gasteiger partial charge in [0, 0.05) is 35.4 Å². The van der Waals surface area contributed by atoms with Gasteiger partial charge in [-0.3, -0.25) is 29.8 Å². The Hall–Kier alpha value is -3.42. The molecule has 0 fully saturated rings. The van der Waals surface area contributed by atoms with Crippen LogP contribution in [0.25, 0.3) is 0 Å². The number of nitro groups is 2. The summed E-state index contributed by atoms with van der Waals surface area (Å²) in [5.74, 6) is 0. The zero-order valence-corrected chi connectivity index (χ0v) is 11.1. The molecule has 0 atom stereocenters. The Bertz CT molecular complexity index is 618. The second-order valence-corrected chi connectivity index (χ2v) is 3.93. The molecule has 112 valence electrons. The monoisotopic (exact) mass is 302 g/mol. The molecule has 0 saturated carbocycles. The number of carbonyl (C=O) groups excluding carboxylic acids is 2. The van der Waals surface area contributed by atoms with Crippen molar-refractivity contribution in [1.82, 2.24) is 0 Å². The molecule has 2 rings (SSSR count). The third-order valence-electron chi connectivity index (χ3n) is 2.48. The molecule has 0 aliphatic rings. The summed E-state index contributed by atoms with van der Waals surface area (Å²) in [5.41, 5.74) is 0.873. The maximum Gasteiger partial charge on any atom is 0.269 e. The van der Waals surface area contributed by atoms with E-state index < -0.39 is 9.85 Å².